The fourth-order valence-electron chi connectivity index (χ4n) is 1.30. The molecule has 0 bridgehead atoms. The third-order valence-corrected chi connectivity index (χ3v) is 2.91. The van der Waals surface area contributed by atoms with Crippen LogP contribution in [-0.4, -0.2) is 31.5 Å². The van der Waals surface area contributed by atoms with Crippen LogP contribution in [0.3, 0.4) is 0 Å². The quantitative estimate of drug-likeness (QED) is 0.831. The van der Waals surface area contributed by atoms with Crippen molar-refractivity contribution in [2.75, 3.05) is 12.0 Å². The van der Waals surface area contributed by atoms with Crippen LogP contribution in [0.4, 0.5) is 0 Å². The van der Waals surface area contributed by atoms with E-state index < -0.39 is 21.7 Å². The summed E-state index contributed by atoms with van der Waals surface area (Å²) in [5, 5.41) is 8.93. The minimum atomic E-state index is -3.30. The largest absolute Gasteiger partial charge is 0.481 e. The topological polar surface area (TPSA) is 71.4 Å². The first kappa shape index (κ1) is 11.7. The van der Waals surface area contributed by atoms with Crippen molar-refractivity contribution in [1.29, 1.82) is 0 Å². The maximum absolute atomic E-state index is 11.1. The van der Waals surface area contributed by atoms with Gasteiger partial charge in [0.05, 0.1) is 11.7 Å². The minimum absolute atomic E-state index is 0.369. The molecule has 0 saturated heterocycles. The lowest BCUT2D eigenvalue weighted by Crippen LogP contribution is -2.21. The van der Waals surface area contributed by atoms with Gasteiger partial charge in [0.25, 0.3) is 0 Å². The van der Waals surface area contributed by atoms with Crippen LogP contribution >= 0.6 is 0 Å². The van der Waals surface area contributed by atoms with Crippen molar-refractivity contribution < 1.29 is 18.3 Å². The smallest absolute Gasteiger partial charge is 0.312 e. The van der Waals surface area contributed by atoms with Crippen molar-refractivity contribution >= 4 is 15.8 Å². The Bertz CT molecular complexity index is 436. The molecule has 4 nitrogen and oxygen atoms in total. The molecule has 1 atom stereocenters. The van der Waals surface area contributed by atoms with E-state index in [1.807, 2.05) is 0 Å². The SMILES string of the molecule is CS(=O)(=O)C[C@@H](C(=O)O)c1ccccc1. The fraction of sp³-hybridized carbons (Fsp3) is 0.300. The van der Waals surface area contributed by atoms with Crippen molar-refractivity contribution in [3.05, 3.63) is 35.9 Å². The molecule has 15 heavy (non-hydrogen) atoms. The van der Waals surface area contributed by atoms with Gasteiger partial charge in [0.1, 0.15) is 9.84 Å². The molecular weight excluding hydrogens is 216 g/mol. The third-order valence-electron chi connectivity index (χ3n) is 1.97. The number of sulfone groups is 1. The minimum Gasteiger partial charge on any atom is -0.481 e. The molecule has 0 amide bonds. The molecule has 0 radical (unpaired) electrons. The van der Waals surface area contributed by atoms with Crippen LogP contribution in [0.15, 0.2) is 30.3 Å². The van der Waals surface area contributed by atoms with Gasteiger partial charge in [0.2, 0.25) is 0 Å². The molecule has 0 aliphatic heterocycles. The lowest BCUT2D eigenvalue weighted by atomic mass is 10.0. The summed E-state index contributed by atoms with van der Waals surface area (Å²) < 4.78 is 22.1. The Balaban J connectivity index is 3.00. The molecule has 0 saturated carbocycles. The Kier molecular flexibility index (Phi) is 3.47. The Hall–Kier alpha value is -1.36. The second-order valence-corrected chi connectivity index (χ2v) is 5.58. The Morgan fingerprint density at radius 2 is 1.87 bits per heavy atom. The summed E-state index contributed by atoms with van der Waals surface area (Å²) in [6.45, 7) is 0. The van der Waals surface area contributed by atoms with Crippen LogP contribution in [0.25, 0.3) is 0 Å². The number of carbonyl (C=O) groups is 1. The first-order valence-electron chi connectivity index (χ1n) is 4.35. The second kappa shape index (κ2) is 4.44. The summed E-state index contributed by atoms with van der Waals surface area (Å²) >= 11 is 0. The maximum Gasteiger partial charge on any atom is 0.312 e. The van der Waals surface area contributed by atoms with E-state index in [-0.39, 0.29) is 5.75 Å². The number of carboxylic acid groups (broad SMARTS) is 1. The summed E-state index contributed by atoms with van der Waals surface area (Å²) in [5.74, 6) is -2.47. The van der Waals surface area contributed by atoms with Crippen LogP contribution in [0.2, 0.25) is 0 Å². The number of hydrogen-bond acceptors (Lipinski definition) is 3. The van der Waals surface area contributed by atoms with Crippen molar-refractivity contribution in [1.82, 2.24) is 0 Å². The van der Waals surface area contributed by atoms with E-state index in [9.17, 15) is 13.2 Å². The van der Waals surface area contributed by atoms with Gasteiger partial charge in [-0.2, -0.15) is 0 Å². The van der Waals surface area contributed by atoms with Crippen molar-refractivity contribution in [2.45, 2.75) is 5.92 Å². The molecular formula is C10H12O4S. The van der Waals surface area contributed by atoms with Gasteiger partial charge in [-0.15, -0.1) is 0 Å². The fourth-order valence-corrected chi connectivity index (χ4v) is 2.24. The predicted molar refractivity (Wildman–Crippen MR) is 56.5 cm³/mol. The van der Waals surface area contributed by atoms with Crippen molar-refractivity contribution in [3.8, 4) is 0 Å². The van der Waals surface area contributed by atoms with E-state index in [1.54, 1.807) is 30.3 Å². The van der Waals surface area contributed by atoms with E-state index >= 15 is 0 Å². The third kappa shape index (κ3) is 3.71. The molecule has 0 fully saturated rings. The molecule has 1 N–H and O–H groups in total. The van der Waals surface area contributed by atoms with Crippen LogP contribution in [-0.2, 0) is 14.6 Å². The maximum atomic E-state index is 11.1. The monoisotopic (exact) mass is 228 g/mol. The first-order chi connectivity index (χ1) is 6.90. The van der Waals surface area contributed by atoms with E-state index in [4.69, 9.17) is 5.11 Å². The molecule has 82 valence electrons. The molecule has 0 unspecified atom stereocenters. The van der Waals surface area contributed by atoms with Crippen molar-refractivity contribution in [2.24, 2.45) is 0 Å². The standard InChI is InChI=1S/C10H12O4S/c1-15(13,14)7-9(10(11)12)8-5-3-2-4-6-8/h2-6,9H,7H2,1H3,(H,11,12)/t9-/m1/s1. The van der Waals surface area contributed by atoms with Gasteiger partial charge < -0.3 is 5.11 Å². The lowest BCUT2D eigenvalue weighted by molar-refractivity contribution is -0.138. The molecule has 5 heteroatoms. The Morgan fingerprint density at radius 1 is 1.33 bits per heavy atom. The highest BCUT2D eigenvalue weighted by Crippen LogP contribution is 2.17. The summed E-state index contributed by atoms with van der Waals surface area (Å²) in [7, 11) is -3.30. The number of hydrogen-bond donors (Lipinski definition) is 1. The lowest BCUT2D eigenvalue weighted by Gasteiger charge is -2.10. The van der Waals surface area contributed by atoms with Gasteiger partial charge in [-0.1, -0.05) is 30.3 Å². The van der Waals surface area contributed by atoms with Crippen molar-refractivity contribution in [3.63, 3.8) is 0 Å². The highest BCUT2D eigenvalue weighted by molar-refractivity contribution is 7.90. The normalized spacial score (nSPS) is 13.4. The molecule has 1 aromatic carbocycles. The molecule has 0 heterocycles. The van der Waals surface area contributed by atoms with E-state index in [0.29, 0.717) is 5.56 Å². The Morgan fingerprint density at radius 3 is 2.27 bits per heavy atom. The number of rotatable bonds is 4. The van der Waals surface area contributed by atoms with Gasteiger partial charge in [0.15, 0.2) is 0 Å². The second-order valence-electron chi connectivity index (χ2n) is 3.39. The number of aliphatic carboxylic acids is 1. The van der Waals surface area contributed by atoms with Crippen LogP contribution in [0, 0.1) is 0 Å². The van der Waals surface area contributed by atoms with Gasteiger partial charge in [-0.05, 0) is 5.56 Å². The van der Waals surface area contributed by atoms with Gasteiger partial charge in [-0.3, -0.25) is 4.79 Å². The predicted octanol–water partition coefficient (Wildman–Crippen LogP) is 0.899. The van der Waals surface area contributed by atoms with Gasteiger partial charge in [0, 0.05) is 6.26 Å². The summed E-state index contributed by atoms with van der Waals surface area (Å²) in [6.07, 6.45) is 1.03. The summed E-state index contributed by atoms with van der Waals surface area (Å²) in [5.41, 5.74) is 0.510. The van der Waals surface area contributed by atoms with Crippen LogP contribution in [0.5, 0.6) is 0 Å². The molecule has 0 aliphatic rings. The first-order valence-corrected chi connectivity index (χ1v) is 6.41. The number of carboxylic acids is 1. The van der Waals surface area contributed by atoms with Crippen LogP contribution in [0.1, 0.15) is 11.5 Å². The van der Waals surface area contributed by atoms with Gasteiger partial charge in [-0.25, -0.2) is 8.42 Å². The highest BCUT2D eigenvalue weighted by atomic mass is 32.2. The molecule has 0 spiro atoms. The highest BCUT2D eigenvalue weighted by Gasteiger charge is 2.23. The van der Waals surface area contributed by atoms with E-state index in [2.05, 4.69) is 0 Å². The summed E-state index contributed by atoms with van der Waals surface area (Å²) in [6, 6.07) is 8.36. The van der Waals surface area contributed by atoms with Crippen LogP contribution < -0.4 is 0 Å². The van der Waals surface area contributed by atoms with E-state index in [1.165, 1.54) is 0 Å². The summed E-state index contributed by atoms with van der Waals surface area (Å²) in [4.78, 5) is 10.9. The zero-order chi connectivity index (χ0) is 11.5. The van der Waals surface area contributed by atoms with E-state index in [0.717, 1.165) is 6.26 Å². The molecule has 0 aromatic heterocycles. The Labute approximate surface area is 88.5 Å². The average molecular weight is 228 g/mol. The molecule has 1 aromatic rings. The zero-order valence-electron chi connectivity index (χ0n) is 8.25. The average Bonchev–Trinajstić information content (AvgIpc) is 2.14. The zero-order valence-corrected chi connectivity index (χ0v) is 9.07. The number of benzene rings is 1. The molecule has 0 aliphatic carbocycles. The van der Waals surface area contributed by atoms with Gasteiger partial charge >= 0.3 is 5.97 Å². The molecule has 1 rings (SSSR count).